The maximum atomic E-state index is 13.5. The minimum atomic E-state index is -0.336. The molecule has 0 fully saturated rings. The van der Waals surface area contributed by atoms with Crippen LogP contribution in [0.15, 0.2) is 72.8 Å². The van der Waals surface area contributed by atoms with Crippen molar-refractivity contribution in [3.05, 3.63) is 95.3 Å². The summed E-state index contributed by atoms with van der Waals surface area (Å²) in [4.78, 5) is 27.3. The van der Waals surface area contributed by atoms with Crippen LogP contribution in [0.1, 0.15) is 35.3 Å². The predicted molar refractivity (Wildman–Crippen MR) is 123 cm³/mol. The van der Waals surface area contributed by atoms with Crippen LogP contribution in [-0.2, 0) is 17.8 Å². The highest BCUT2D eigenvalue weighted by molar-refractivity contribution is 6.06. The Morgan fingerprint density at radius 2 is 1.69 bits per heavy atom. The summed E-state index contributed by atoms with van der Waals surface area (Å²) in [6.45, 7) is 4.06. The van der Waals surface area contributed by atoms with Gasteiger partial charge < -0.3 is 15.0 Å². The molecule has 3 aromatic rings. The van der Waals surface area contributed by atoms with Crippen LogP contribution in [0.3, 0.4) is 0 Å². The van der Waals surface area contributed by atoms with E-state index in [4.69, 9.17) is 4.74 Å². The molecule has 0 atom stereocenters. The SMILES string of the molecule is COc1cccc(C(=O)N(Cc2ccc(F)cc2)c2cccc(CC(=O)NC(C)C)c2)c1. The molecule has 0 saturated heterocycles. The van der Waals surface area contributed by atoms with Crippen LogP contribution >= 0.6 is 0 Å². The highest BCUT2D eigenvalue weighted by Gasteiger charge is 2.20. The first-order valence-electron chi connectivity index (χ1n) is 10.4. The number of hydrogen-bond donors (Lipinski definition) is 1. The molecule has 0 aliphatic rings. The lowest BCUT2D eigenvalue weighted by atomic mass is 10.1. The summed E-state index contributed by atoms with van der Waals surface area (Å²) < 4.78 is 18.6. The van der Waals surface area contributed by atoms with Gasteiger partial charge >= 0.3 is 0 Å². The molecular formula is C26H27FN2O3. The number of nitrogens with zero attached hydrogens (tertiary/aromatic N) is 1. The molecular weight excluding hydrogens is 407 g/mol. The Morgan fingerprint density at radius 1 is 0.969 bits per heavy atom. The van der Waals surface area contributed by atoms with Gasteiger partial charge in [0.05, 0.1) is 20.1 Å². The molecule has 3 rings (SSSR count). The summed E-state index contributed by atoms with van der Waals surface area (Å²) in [6, 6.07) is 20.4. The molecule has 0 unspecified atom stereocenters. The van der Waals surface area contributed by atoms with Gasteiger partial charge in [0.2, 0.25) is 5.91 Å². The van der Waals surface area contributed by atoms with Crippen molar-refractivity contribution in [1.29, 1.82) is 0 Å². The van der Waals surface area contributed by atoms with Gasteiger partial charge in [-0.05, 0) is 67.4 Å². The van der Waals surface area contributed by atoms with E-state index in [2.05, 4.69) is 5.32 Å². The highest BCUT2D eigenvalue weighted by atomic mass is 19.1. The third-order valence-electron chi connectivity index (χ3n) is 4.85. The van der Waals surface area contributed by atoms with Crippen molar-refractivity contribution in [3.8, 4) is 5.75 Å². The van der Waals surface area contributed by atoms with Crippen LogP contribution < -0.4 is 15.0 Å². The Kier molecular flexibility index (Phi) is 7.60. The molecule has 32 heavy (non-hydrogen) atoms. The lowest BCUT2D eigenvalue weighted by Gasteiger charge is -2.24. The topological polar surface area (TPSA) is 58.6 Å². The van der Waals surface area contributed by atoms with Gasteiger partial charge in [-0.25, -0.2) is 4.39 Å². The number of nitrogens with one attached hydrogen (secondary N) is 1. The normalized spacial score (nSPS) is 10.7. The molecule has 0 aromatic heterocycles. The summed E-state index contributed by atoms with van der Waals surface area (Å²) in [7, 11) is 1.55. The van der Waals surface area contributed by atoms with Crippen LogP contribution in [0.5, 0.6) is 5.75 Å². The number of ether oxygens (including phenoxy) is 1. The first-order valence-corrected chi connectivity index (χ1v) is 10.4. The number of carbonyl (C=O) groups is 2. The molecule has 0 saturated carbocycles. The van der Waals surface area contributed by atoms with Crippen LogP contribution in [-0.4, -0.2) is 25.0 Å². The molecule has 3 aromatic carbocycles. The van der Waals surface area contributed by atoms with E-state index in [9.17, 15) is 14.0 Å². The molecule has 1 N–H and O–H groups in total. The zero-order valence-corrected chi connectivity index (χ0v) is 18.5. The standard InChI is InChI=1S/C26H27FN2O3/c1-18(2)28-25(30)15-20-6-4-8-23(14-20)29(17-19-10-12-22(27)13-11-19)26(31)21-7-5-9-24(16-21)32-3/h4-14,16,18H,15,17H2,1-3H3,(H,28,30). The maximum absolute atomic E-state index is 13.5. The number of rotatable bonds is 8. The second kappa shape index (κ2) is 10.6. The first-order chi connectivity index (χ1) is 15.4. The van der Waals surface area contributed by atoms with Gasteiger partial charge in [0.15, 0.2) is 0 Å². The smallest absolute Gasteiger partial charge is 0.258 e. The number of methoxy groups -OCH3 is 1. The number of hydrogen-bond acceptors (Lipinski definition) is 3. The molecule has 5 nitrogen and oxygen atoms in total. The van der Waals surface area contributed by atoms with E-state index < -0.39 is 0 Å². The van der Waals surface area contributed by atoms with Crippen LogP contribution in [0.25, 0.3) is 0 Å². The monoisotopic (exact) mass is 434 g/mol. The third kappa shape index (κ3) is 6.17. The molecule has 0 aliphatic heterocycles. The van der Waals surface area contributed by atoms with Gasteiger partial charge in [0, 0.05) is 17.3 Å². The van der Waals surface area contributed by atoms with Crippen molar-refractivity contribution in [1.82, 2.24) is 5.32 Å². The van der Waals surface area contributed by atoms with E-state index in [0.29, 0.717) is 17.0 Å². The first kappa shape index (κ1) is 23.0. The fourth-order valence-electron chi connectivity index (χ4n) is 3.36. The van der Waals surface area contributed by atoms with Gasteiger partial charge in [-0.15, -0.1) is 0 Å². The maximum Gasteiger partial charge on any atom is 0.258 e. The fraction of sp³-hybridized carbons (Fsp3) is 0.231. The molecule has 166 valence electrons. The summed E-state index contributed by atoms with van der Waals surface area (Å²) >= 11 is 0. The Bertz CT molecular complexity index is 1080. The number of carbonyl (C=O) groups excluding carboxylic acids is 2. The molecule has 0 radical (unpaired) electrons. The molecule has 6 heteroatoms. The Morgan fingerprint density at radius 3 is 2.38 bits per heavy atom. The number of benzene rings is 3. The van der Waals surface area contributed by atoms with Crippen molar-refractivity contribution < 1.29 is 18.7 Å². The number of amides is 2. The number of anilines is 1. The summed E-state index contributed by atoms with van der Waals surface area (Å²) in [5, 5.41) is 2.88. The summed E-state index contributed by atoms with van der Waals surface area (Å²) in [5.74, 6) is -0.0624. The van der Waals surface area contributed by atoms with Crippen molar-refractivity contribution >= 4 is 17.5 Å². The van der Waals surface area contributed by atoms with Crippen molar-refractivity contribution in [3.63, 3.8) is 0 Å². The largest absolute Gasteiger partial charge is 0.497 e. The molecule has 0 aliphatic carbocycles. The fourth-order valence-corrected chi connectivity index (χ4v) is 3.36. The van der Waals surface area contributed by atoms with E-state index in [0.717, 1.165) is 11.1 Å². The van der Waals surface area contributed by atoms with Crippen LogP contribution in [0.4, 0.5) is 10.1 Å². The molecule has 0 spiro atoms. The Balaban J connectivity index is 1.94. The average molecular weight is 435 g/mol. The average Bonchev–Trinajstić information content (AvgIpc) is 2.78. The van der Waals surface area contributed by atoms with E-state index in [-0.39, 0.29) is 36.6 Å². The zero-order valence-electron chi connectivity index (χ0n) is 18.5. The minimum Gasteiger partial charge on any atom is -0.497 e. The van der Waals surface area contributed by atoms with Gasteiger partial charge in [-0.2, -0.15) is 0 Å². The van der Waals surface area contributed by atoms with E-state index in [1.807, 2.05) is 38.1 Å². The second-order valence-corrected chi connectivity index (χ2v) is 7.82. The molecule has 0 heterocycles. The van der Waals surface area contributed by atoms with Crippen molar-refractivity contribution in [2.45, 2.75) is 32.9 Å². The van der Waals surface area contributed by atoms with Crippen molar-refractivity contribution in [2.24, 2.45) is 0 Å². The summed E-state index contributed by atoms with van der Waals surface area (Å²) in [5.41, 5.74) is 2.69. The molecule has 2 amide bonds. The van der Waals surface area contributed by atoms with E-state index in [1.165, 1.54) is 12.1 Å². The lowest BCUT2D eigenvalue weighted by molar-refractivity contribution is -0.120. The third-order valence-corrected chi connectivity index (χ3v) is 4.85. The van der Waals surface area contributed by atoms with Crippen LogP contribution in [0.2, 0.25) is 0 Å². The predicted octanol–water partition coefficient (Wildman–Crippen LogP) is 4.75. The van der Waals surface area contributed by atoms with Gasteiger partial charge in [0.1, 0.15) is 11.6 Å². The second-order valence-electron chi connectivity index (χ2n) is 7.82. The minimum absolute atomic E-state index is 0.0512. The van der Waals surface area contributed by atoms with E-state index in [1.54, 1.807) is 48.4 Å². The van der Waals surface area contributed by atoms with Gasteiger partial charge in [-0.1, -0.05) is 30.3 Å². The lowest BCUT2D eigenvalue weighted by Crippen LogP contribution is -2.32. The quantitative estimate of drug-likeness (QED) is 0.557. The van der Waals surface area contributed by atoms with E-state index >= 15 is 0 Å². The Hall–Kier alpha value is -3.67. The zero-order chi connectivity index (χ0) is 23.1. The number of halogens is 1. The highest BCUT2D eigenvalue weighted by Crippen LogP contribution is 2.24. The Labute approximate surface area is 187 Å². The van der Waals surface area contributed by atoms with Crippen LogP contribution in [0, 0.1) is 5.82 Å². The molecule has 0 bridgehead atoms. The summed E-state index contributed by atoms with van der Waals surface area (Å²) in [6.07, 6.45) is 0.212. The van der Waals surface area contributed by atoms with Crippen molar-refractivity contribution in [2.75, 3.05) is 12.0 Å². The van der Waals surface area contributed by atoms with Gasteiger partial charge in [-0.3, -0.25) is 9.59 Å². The van der Waals surface area contributed by atoms with Gasteiger partial charge in [0.25, 0.3) is 5.91 Å².